The van der Waals surface area contributed by atoms with E-state index in [1.165, 1.54) is 6.07 Å². The van der Waals surface area contributed by atoms with Gasteiger partial charge in [0.15, 0.2) is 16.9 Å². The van der Waals surface area contributed by atoms with E-state index in [1.807, 2.05) is 0 Å². The lowest BCUT2D eigenvalue weighted by atomic mass is 9.88. The summed E-state index contributed by atoms with van der Waals surface area (Å²) >= 11 is 3.59. The highest BCUT2D eigenvalue weighted by molar-refractivity contribution is 7.79. The van der Waals surface area contributed by atoms with Gasteiger partial charge in [-0.2, -0.15) is 0 Å². The fourth-order valence-electron chi connectivity index (χ4n) is 3.59. The second-order valence-electron chi connectivity index (χ2n) is 6.70. The molecule has 2 aromatic rings. The van der Waals surface area contributed by atoms with Crippen LogP contribution in [0.1, 0.15) is 44.5 Å². The molecule has 0 aliphatic carbocycles. The normalized spacial score (nSPS) is 17.8. The summed E-state index contributed by atoms with van der Waals surface area (Å²) in [5.41, 5.74) is 0.911. The third-order valence-electron chi connectivity index (χ3n) is 5.01. The van der Waals surface area contributed by atoms with Gasteiger partial charge in [-0.15, -0.1) is 0 Å². The summed E-state index contributed by atoms with van der Waals surface area (Å²) in [6.07, 6.45) is 1.06. The molecule has 2 unspecified atom stereocenters. The second-order valence-corrected chi connectivity index (χ2v) is 8.14. The molecule has 148 valence electrons. The Balaban J connectivity index is 1.75. The molecule has 1 aliphatic rings. The van der Waals surface area contributed by atoms with E-state index in [0.29, 0.717) is 42.1 Å². The predicted octanol–water partition coefficient (Wildman–Crippen LogP) is 3.85. The molecule has 0 aromatic heterocycles. The van der Waals surface area contributed by atoms with Gasteiger partial charge < -0.3 is 9.66 Å². The van der Waals surface area contributed by atoms with Crippen LogP contribution in [0.2, 0.25) is 5.02 Å². The summed E-state index contributed by atoms with van der Waals surface area (Å²) in [7, 11) is 0. The summed E-state index contributed by atoms with van der Waals surface area (Å²) in [5.74, 6) is -1.29. The van der Waals surface area contributed by atoms with Gasteiger partial charge in [-0.25, -0.2) is 9.00 Å². The van der Waals surface area contributed by atoms with Crippen molar-refractivity contribution in [2.45, 2.75) is 18.2 Å². The number of carbonyl (C=O) groups is 2. The van der Waals surface area contributed by atoms with E-state index >= 15 is 0 Å². The molecule has 8 heteroatoms. The van der Waals surface area contributed by atoms with Crippen LogP contribution in [0.4, 0.5) is 0 Å². The minimum absolute atomic E-state index is 0.00858. The zero-order valence-electron chi connectivity index (χ0n) is 15.0. The molecule has 0 saturated carbocycles. The monoisotopic (exact) mass is 421 g/mol. The Bertz CT molecular complexity index is 894. The van der Waals surface area contributed by atoms with E-state index in [4.69, 9.17) is 11.6 Å². The maximum Gasteiger partial charge on any atom is 0.336 e. The summed E-state index contributed by atoms with van der Waals surface area (Å²) in [6.45, 7) is 0.851. The van der Waals surface area contributed by atoms with Crippen molar-refractivity contribution in [2.75, 3.05) is 13.1 Å². The van der Waals surface area contributed by atoms with Crippen LogP contribution in [0.3, 0.4) is 0 Å². The Morgan fingerprint density at radius 1 is 1.07 bits per heavy atom. The second kappa shape index (κ2) is 8.96. The third-order valence-corrected chi connectivity index (χ3v) is 6.20. The summed E-state index contributed by atoms with van der Waals surface area (Å²) in [6, 6.07) is 13.0. The molecular weight excluding hydrogens is 402 g/mol. The number of nitrogens with zero attached hydrogens (tertiary/aromatic N) is 1. The number of aromatic carboxylic acids is 1. The molecule has 0 radical (unpaired) electrons. The zero-order valence-corrected chi connectivity index (χ0v) is 16.5. The number of hydrogen-bond acceptors (Lipinski definition) is 4. The Labute approximate surface area is 170 Å². The van der Waals surface area contributed by atoms with E-state index in [1.54, 1.807) is 47.4 Å². The van der Waals surface area contributed by atoms with E-state index in [-0.39, 0.29) is 17.3 Å². The number of rotatable bonds is 6. The lowest BCUT2D eigenvalue weighted by Crippen LogP contribution is -2.40. The van der Waals surface area contributed by atoms with Gasteiger partial charge in [0.05, 0.1) is 5.56 Å². The van der Waals surface area contributed by atoms with Crippen molar-refractivity contribution in [1.82, 2.24) is 4.90 Å². The first-order valence-electron chi connectivity index (χ1n) is 8.84. The molecular formula is C20H20ClNO5S. The zero-order chi connectivity index (χ0) is 20.3. The van der Waals surface area contributed by atoms with Gasteiger partial charge in [0.1, 0.15) is 5.37 Å². The number of carbonyl (C=O) groups excluding carboxylic acids is 1. The average molecular weight is 422 g/mol. The lowest BCUT2D eigenvalue weighted by molar-refractivity contribution is 0.0693. The molecule has 0 bridgehead atoms. The summed E-state index contributed by atoms with van der Waals surface area (Å²) in [5, 5.41) is 9.02. The quantitative estimate of drug-likeness (QED) is 0.543. The molecule has 6 nitrogen and oxygen atoms in total. The average Bonchev–Trinajstić information content (AvgIpc) is 2.69. The van der Waals surface area contributed by atoms with Gasteiger partial charge in [-0.1, -0.05) is 29.8 Å². The van der Waals surface area contributed by atoms with Gasteiger partial charge in [0, 0.05) is 29.6 Å². The molecule has 1 fully saturated rings. The molecule has 0 amide bonds. The maximum absolute atomic E-state index is 12.7. The first-order valence-corrected chi connectivity index (χ1v) is 10.4. The summed E-state index contributed by atoms with van der Waals surface area (Å²) in [4.78, 5) is 26.0. The van der Waals surface area contributed by atoms with Crippen molar-refractivity contribution < 1.29 is 23.5 Å². The number of hydrogen-bond donors (Lipinski definition) is 2. The molecule has 2 aromatic carbocycles. The maximum atomic E-state index is 12.7. The molecule has 2 N–H and O–H groups in total. The number of likely N-dealkylation sites (tertiary alicyclic amines) is 1. The number of ketones is 1. The largest absolute Gasteiger partial charge is 0.478 e. The Morgan fingerprint density at radius 2 is 1.68 bits per heavy atom. The van der Waals surface area contributed by atoms with Crippen molar-refractivity contribution in [2.24, 2.45) is 5.92 Å². The minimum atomic E-state index is -2.28. The highest BCUT2D eigenvalue weighted by Gasteiger charge is 2.34. The van der Waals surface area contributed by atoms with Gasteiger partial charge >= 0.3 is 5.97 Å². The predicted molar refractivity (Wildman–Crippen MR) is 107 cm³/mol. The van der Waals surface area contributed by atoms with Gasteiger partial charge in [-0.05, 0) is 48.7 Å². The first-order chi connectivity index (χ1) is 13.4. The van der Waals surface area contributed by atoms with Gasteiger partial charge in [0.25, 0.3) is 0 Å². The molecule has 1 heterocycles. The van der Waals surface area contributed by atoms with Crippen LogP contribution in [0.15, 0.2) is 48.5 Å². The van der Waals surface area contributed by atoms with E-state index in [9.17, 15) is 23.5 Å². The number of carboxylic acid groups (broad SMARTS) is 1. The van der Waals surface area contributed by atoms with Crippen molar-refractivity contribution in [3.8, 4) is 0 Å². The number of Topliss-reactive ketones (excluding diaryl/α,β-unsaturated/α-hetero) is 1. The highest BCUT2D eigenvalue weighted by atomic mass is 35.5. The molecule has 28 heavy (non-hydrogen) atoms. The number of carboxylic acids is 1. The molecule has 0 spiro atoms. The smallest absolute Gasteiger partial charge is 0.336 e. The van der Waals surface area contributed by atoms with Crippen LogP contribution in [-0.2, 0) is 11.1 Å². The van der Waals surface area contributed by atoms with Gasteiger partial charge in [0.2, 0.25) is 0 Å². The fourth-order valence-corrected chi connectivity index (χ4v) is 4.60. The minimum Gasteiger partial charge on any atom is -0.478 e. The van der Waals surface area contributed by atoms with Crippen molar-refractivity contribution in [1.29, 1.82) is 0 Å². The third kappa shape index (κ3) is 4.50. The van der Waals surface area contributed by atoms with Gasteiger partial charge in [-0.3, -0.25) is 9.69 Å². The number of halogens is 1. The van der Waals surface area contributed by atoms with Crippen molar-refractivity contribution in [3.05, 3.63) is 70.2 Å². The Hall–Kier alpha value is -2.06. The standard InChI is InChI=1S/C20H20ClNO5S/c21-15-7-5-13(6-8-15)18(23)14-9-11-22(12-10-14)19(28(26)27)16-3-1-2-4-17(16)20(24)25/h1-8,14,19H,9-12H2,(H,24,25)(H,26,27). The van der Waals surface area contributed by atoms with Crippen LogP contribution in [0, 0.1) is 5.92 Å². The molecule has 1 saturated heterocycles. The van der Waals surface area contributed by atoms with Crippen LogP contribution in [0.25, 0.3) is 0 Å². The molecule has 3 rings (SSSR count). The lowest BCUT2D eigenvalue weighted by Gasteiger charge is -2.36. The van der Waals surface area contributed by atoms with Crippen LogP contribution in [0.5, 0.6) is 0 Å². The van der Waals surface area contributed by atoms with E-state index < -0.39 is 22.4 Å². The number of piperidine rings is 1. The molecule has 1 aliphatic heterocycles. The molecule has 2 atom stereocenters. The van der Waals surface area contributed by atoms with Crippen molar-refractivity contribution in [3.63, 3.8) is 0 Å². The van der Waals surface area contributed by atoms with Crippen LogP contribution in [-0.4, -0.2) is 43.6 Å². The highest BCUT2D eigenvalue weighted by Crippen LogP contribution is 2.32. The SMILES string of the molecule is O=C(O)c1ccccc1C(N1CCC(C(=O)c2ccc(Cl)cc2)CC1)S(=O)O. The topological polar surface area (TPSA) is 94.9 Å². The Kier molecular flexibility index (Phi) is 6.61. The first kappa shape index (κ1) is 20.7. The Morgan fingerprint density at radius 3 is 2.25 bits per heavy atom. The van der Waals surface area contributed by atoms with Crippen LogP contribution < -0.4 is 0 Å². The van der Waals surface area contributed by atoms with E-state index in [2.05, 4.69) is 0 Å². The van der Waals surface area contributed by atoms with Crippen molar-refractivity contribution >= 4 is 34.4 Å². The fraction of sp³-hybridized carbons (Fsp3) is 0.300. The van der Waals surface area contributed by atoms with E-state index in [0.717, 1.165) is 0 Å². The summed E-state index contributed by atoms with van der Waals surface area (Å²) < 4.78 is 21.9. The van der Waals surface area contributed by atoms with Crippen LogP contribution >= 0.6 is 11.6 Å². The number of benzene rings is 2.